The number of thiophene rings is 1. The second-order valence-corrected chi connectivity index (χ2v) is 8.13. The quantitative estimate of drug-likeness (QED) is 0.252. The molecule has 0 aliphatic rings. The van der Waals surface area contributed by atoms with E-state index in [0.717, 1.165) is 11.3 Å². The minimum absolute atomic E-state index is 0.0184. The van der Waals surface area contributed by atoms with Crippen molar-refractivity contribution in [2.75, 3.05) is 0 Å². The number of benzene rings is 4. The molecule has 0 bridgehead atoms. The molecular weight excluding hydrogens is 450 g/mol. The van der Waals surface area contributed by atoms with E-state index in [1.165, 1.54) is 0 Å². The summed E-state index contributed by atoms with van der Waals surface area (Å²) in [7, 11) is 0. The highest BCUT2D eigenvalue weighted by Crippen LogP contribution is 2.40. The Morgan fingerprint density at radius 2 is 1.33 bits per heavy atom. The van der Waals surface area contributed by atoms with E-state index in [2.05, 4.69) is 15.0 Å². The van der Waals surface area contributed by atoms with Crippen LogP contribution in [0, 0.1) is 0 Å². The summed E-state index contributed by atoms with van der Waals surface area (Å²) >= 11 is 7.20. The first-order valence-electron chi connectivity index (χ1n) is 16.3. The Morgan fingerprint density at radius 1 is 0.667 bits per heavy atom. The van der Waals surface area contributed by atoms with Crippen LogP contribution in [0.4, 0.5) is 0 Å². The van der Waals surface area contributed by atoms with Gasteiger partial charge in [-0.2, -0.15) is 9.97 Å². The van der Waals surface area contributed by atoms with Crippen molar-refractivity contribution < 1.29 is 23.6 Å². The third-order valence-electron chi connectivity index (χ3n) is 4.94. The highest BCUT2D eigenvalue weighted by Gasteiger charge is 2.18. The monoisotopic (exact) mass is 477 g/mol. The van der Waals surface area contributed by atoms with Crippen molar-refractivity contribution >= 4 is 65.0 Å². The van der Waals surface area contributed by atoms with E-state index in [9.17, 15) is 0 Å². The van der Waals surface area contributed by atoms with E-state index in [0.29, 0.717) is 0 Å². The van der Waals surface area contributed by atoms with Crippen molar-refractivity contribution in [2.24, 2.45) is 0 Å². The van der Waals surface area contributed by atoms with Crippen LogP contribution in [0.1, 0.15) is 19.2 Å². The standard InChI is InChI=1S/C27H14ClN3OS/c28-27-30-25(18-10-6-13-21-23(18)17-8-1-3-12-20(17)32-21)29-26(31-27)19-11-5-9-16-15-7-2-4-14-22(15)33-24(16)19/h1-14H/i1D,2D,3D,4D,5D,6D,7D,8D,9D,10D,11D,12D,13D,14D. The van der Waals surface area contributed by atoms with Crippen LogP contribution in [-0.2, 0) is 0 Å². The van der Waals surface area contributed by atoms with Gasteiger partial charge in [0.1, 0.15) is 11.2 Å². The van der Waals surface area contributed by atoms with E-state index in [-0.39, 0.29) is 65.1 Å². The van der Waals surface area contributed by atoms with Crippen molar-refractivity contribution in [1.29, 1.82) is 0 Å². The molecule has 0 saturated heterocycles. The average molecular weight is 478 g/mol. The molecule has 3 aromatic heterocycles. The largest absolute Gasteiger partial charge is 0.456 e. The molecule has 7 rings (SSSR count). The lowest BCUT2D eigenvalue weighted by Gasteiger charge is -2.07. The van der Waals surface area contributed by atoms with Gasteiger partial charge < -0.3 is 4.42 Å². The van der Waals surface area contributed by atoms with Crippen LogP contribution in [-0.4, -0.2) is 15.0 Å². The second kappa shape index (κ2) is 7.10. The third kappa shape index (κ3) is 2.86. The molecule has 0 amide bonds. The summed E-state index contributed by atoms with van der Waals surface area (Å²) < 4.78 is 124. The maximum Gasteiger partial charge on any atom is 0.226 e. The van der Waals surface area contributed by atoms with Gasteiger partial charge in [-0.05, 0) is 35.8 Å². The molecule has 0 spiro atoms. The smallest absolute Gasteiger partial charge is 0.226 e. The van der Waals surface area contributed by atoms with E-state index < -0.39 is 89.7 Å². The molecular formula is C27H14ClN3OS. The maximum atomic E-state index is 8.78. The zero-order valence-electron chi connectivity index (χ0n) is 30.0. The fourth-order valence-electron chi connectivity index (χ4n) is 3.59. The van der Waals surface area contributed by atoms with Gasteiger partial charge in [0.15, 0.2) is 11.6 Å². The molecule has 3 heterocycles. The van der Waals surface area contributed by atoms with Crippen molar-refractivity contribution in [2.45, 2.75) is 0 Å². The van der Waals surface area contributed by atoms with Gasteiger partial charge in [0.2, 0.25) is 5.28 Å². The summed E-state index contributed by atoms with van der Waals surface area (Å²) in [6.07, 6.45) is 0. The van der Waals surface area contributed by atoms with Crippen LogP contribution >= 0.6 is 22.9 Å². The number of aromatic nitrogens is 3. The number of hydrogen-bond donors (Lipinski definition) is 0. The molecule has 0 unspecified atom stereocenters. The van der Waals surface area contributed by atoms with Gasteiger partial charge >= 0.3 is 0 Å². The summed E-state index contributed by atoms with van der Waals surface area (Å²) in [6.45, 7) is 0. The molecule has 156 valence electrons. The van der Waals surface area contributed by atoms with Gasteiger partial charge in [0, 0.05) is 42.1 Å². The average Bonchev–Trinajstić information content (AvgIpc) is 3.63. The number of para-hydroxylation sites is 1. The lowest BCUT2D eigenvalue weighted by Crippen LogP contribution is -1.97. The van der Waals surface area contributed by atoms with E-state index >= 15 is 0 Å². The van der Waals surface area contributed by atoms with E-state index in [1.54, 1.807) is 0 Å². The first-order chi connectivity index (χ1) is 22.1. The van der Waals surface area contributed by atoms with Gasteiger partial charge in [0.05, 0.1) is 19.2 Å². The van der Waals surface area contributed by atoms with Gasteiger partial charge in [-0.1, -0.05) is 60.4 Å². The summed E-state index contributed by atoms with van der Waals surface area (Å²) in [5, 5.41) is -0.873. The predicted molar refractivity (Wildman–Crippen MR) is 136 cm³/mol. The normalized spacial score (nSPS) is 17.7. The van der Waals surface area contributed by atoms with Gasteiger partial charge in [0.25, 0.3) is 0 Å². The molecule has 0 saturated carbocycles. The number of furan rings is 1. The van der Waals surface area contributed by atoms with Gasteiger partial charge in [-0.15, -0.1) is 11.3 Å². The van der Waals surface area contributed by atoms with Crippen LogP contribution < -0.4 is 0 Å². The highest BCUT2D eigenvalue weighted by atomic mass is 35.5. The molecule has 7 aromatic rings. The number of fused-ring (bicyclic) bond motifs is 6. The fourth-order valence-corrected chi connectivity index (χ4v) is 4.81. The summed E-state index contributed by atoms with van der Waals surface area (Å²) in [5.41, 5.74) is -1.09. The molecule has 0 aliphatic heterocycles. The van der Waals surface area contributed by atoms with Crippen LogP contribution in [0.2, 0.25) is 5.28 Å². The fraction of sp³-hybridized carbons (Fsp3) is 0. The summed E-state index contributed by atoms with van der Waals surface area (Å²) in [4.78, 5) is 12.7. The number of nitrogens with zero attached hydrogens (tertiary/aromatic N) is 3. The van der Waals surface area contributed by atoms with Crippen LogP contribution in [0.25, 0.3) is 64.9 Å². The molecule has 4 nitrogen and oxygen atoms in total. The Balaban J connectivity index is 1.64. The van der Waals surface area contributed by atoms with E-state index in [1.807, 2.05) is 0 Å². The predicted octanol–water partition coefficient (Wildman–Crippen LogP) is 8.13. The molecule has 6 heteroatoms. The summed E-state index contributed by atoms with van der Waals surface area (Å²) in [6, 6.07) is -7.54. The lowest BCUT2D eigenvalue weighted by atomic mass is 10.1. The van der Waals surface area contributed by atoms with Gasteiger partial charge in [-0.25, -0.2) is 4.98 Å². The maximum absolute atomic E-state index is 8.78. The number of hydrogen-bond acceptors (Lipinski definition) is 5. The van der Waals surface area contributed by atoms with Crippen molar-refractivity contribution in [3.63, 3.8) is 0 Å². The van der Waals surface area contributed by atoms with E-state index in [4.69, 9.17) is 35.2 Å². The zero-order valence-corrected chi connectivity index (χ0v) is 17.6. The molecule has 0 fully saturated rings. The molecule has 0 radical (unpaired) electrons. The van der Waals surface area contributed by atoms with Crippen molar-refractivity contribution in [3.05, 3.63) is 89.9 Å². The zero-order chi connectivity index (χ0) is 34.1. The molecule has 4 aromatic carbocycles. The third-order valence-corrected chi connectivity index (χ3v) is 6.23. The second-order valence-electron chi connectivity index (χ2n) is 6.77. The lowest BCUT2D eigenvalue weighted by molar-refractivity contribution is 0.669. The summed E-state index contributed by atoms with van der Waals surface area (Å²) in [5.74, 6) is -0.730. The van der Waals surface area contributed by atoms with Crippen molar-refractivity contribution in [3.8, 4) is 22.8 Å². The Labute approximate surface area is 216 Å². The van der Waals surface area contributed by atoms with Crippen LogP contribution in [0.5, 0.6) is 0 Å². The van der Waals surface area contributed by atoms with Crippen molar-refractivity contribution in [1.82, 2.24) is 15.0 Å². The molecule has 0 atom stereocenters. The first-order valence-corrected chi connectivity index (χ1v) is 10.5. The highest BCUT2D eigenvalue weighted by molar-refractivity contribution is 7.26. The van der Waals surface area contributed by atoms with Crippen LogP contribution in [0.3, 0.4) is 0 Å². The Kier molecular flexibility index (Phi) is 2.06. The molecule has 0 N–H and O–H groups in total. The van der Waals surface area contributed by atoms with Crippen LogP contribution in [0.15, 0.2) is 89.0 Å². The molecule has 0 aliphatic carbocycles. The topological polar surface area (TPSA) is 51.8 Å². The molecule has 33 heavy (non-hydrogen) atoms. The minimum atomic E-state index is -0.636. The Hall–Kier alpha value is -3.80. The first kappa shape index (κ1) is 9.59. The Morgan fingerprint density at radius 3 is 2.24 bits per heavy atom. The number of rotatable bonds is 2. The Bertz CT molecular complexity index is 2600. The SMILES string of the molecule is [2H]c1c([2H])c([2H])c2c(oc3c([2H])c([2H])c([2H])c(-c4nc(Cl)nc(-c5c([2H])c([2H])c([2H])c6c5sc5c([2H])c([2H])c([2H])c([2H])c56)n4)c32)c1[2H]. The van der Waals surface area contributed by atoms with Gasteiger partial charge in [-0.3, -0.25) is 0 Å². The number of halogens is 1. The minimum Gasteiger partial charge on any atom is -0.456 e.